The summed E-state index contributed by atoms with van der Waals surface area (Å²) in [6.45, 7) is 1.63. The van der Waals surface area contributed by atoms with E-state index in [2.05, 4.69) is 46.5 Å². The molecule has 3 aromatic rings. The zero-order chi connectivity index (χ0) is 13.1. The van der Waals surface area contributed by atoms with Gasteiger partial charge in [-0.25, -0.2) is 4.68 Å². The molecule has 0 radical (unpaired) electrons. The normalized spacial score (nSPS) is 11.3. The molecule has 0 unspecified atom stereocenters. The Kier molecular flexibility index (Phi) is 3.25. The van der Waals surface area contributed by atoms with Crippen LogP contribution in [0.25, 0.3) is 11.0 Å². The Bertz CT molecular complexity index is 660. The van der Waals surface area contributed by atoms with Gasteiger partial charge in [0.25, 0.3) is 0 Å². The van der Waals surface area contributed by atoms with Gasteiger partial charge in [0.15, 0.2) is 0 Å². The SMILES string of the molecule is CN(Cc1ccccc1)Cn1nnc2ccccc21. The molecular weight excluding hydrogens is 236 g/mol. The van der Waals surface area contributed by atoms with Crippen molar-refractivity contribution in [3.63, 3.8) is 0 Å². The molecule has 0 amide bonds. The van der Waals surface area contributed by atoms with Crippen LogP contribution in [-0.4, -0.2) is 26.9 Å². The van der Waals surface area contributed by atoms with Crippen molar-refractivity contribution in [1.82, 2.24) is 19.9 Å². The van der Waals surface area contributed by atoms with Gasteiger partial charge >= 0.3 is 0 Å². The average molecular weight is 252 g/mol. The van der Waals surface area contributed by atoms with E-state index in [1.54, 1.807) is 0 Å². The molecule has 0 saturated heterocycles. The van der Waals surface area contributed by atoms with Crippen LogP contribution in [0, 0.1) is 0 Å². The maximum absolute atomic E-state index is 4.20. The third-order valence-electron chi connectivity index (χ3n) is 3.09. The summed E-state index contributed by atoms with van der Waals surface area (Å²) >= 11 is 0. The van der Waals surface area contributed by atoms with Crippen LogP contribution in [0.5, 0.6) is 0 Å². The third kappa shape index (κ3) is 2.63. The van der Waals surface area contributed by atoms with Gasteiger partial charge in [-0.3, -0.25) is 4.90 Å². The smallest absolute Gasteiger partial charge is 0.113 e. The number of fused-ring (bicyclic) bond motifs is 1. The first-order valence-electron chi connectivity index (χ1n) is 6.33. The van der Waals surface area contributed by atoms with E-state index in [9.17, 15) is 0 Å². The van der Waals surface area contributed by atoms with Gasteiger partial charge in [0, 0.05) is 6.54 Å². The molecular formula is C15H16N4. The van der Waals surface area contributed by atoms with Gasteiger partial charge in [0.05, 0.1) is 12.2 Å². The fourth-order valence-electron chi connectivity index (χ4n) is 2.20. The number of hydrogen-bond donors (Lipinski definition) is 0. The highest BCUT2D eigenvalue weighted by Crippen LogP contribution is 2.11. The first-order valence-corrected chi connectivity index (χ1v) is 6.33. The first-order chi connectivity index (χ1) is 9.33. The van der Waals surface area contributed by atoms with Crippen molar-refractivity contribution in [2.24, 2.45) is 0 Å². The van der Waals surface area contributed by atoms with Crippen molar-refractivity contribution in [2.45, 2.75) is 13.2 Å². The highest BCUT2D eigenvalue weighted by Gasteiger charge is 2.06. The summed E-state index contributed by atoms with van der Waals surface area (Å²) in [6.07, 6.45) is 0. The second kappa shape index (κ2) is 5.20. The molecule has 2 aromatic carbocycles. The minimum absolute atomic E-state index is 0.732. The average Bonchev–Trinajstić information content (AvgIpc) is 2.83. The van der Waals surface area contributed by atoms with Crippen molar-refractivity contribution in [1.29, 1.82) is 0 Å². The predicted octanol–water partition coefficient (Wildman–Crippen LogP) is 2.52. The van der Waals surface area contributed by atoms with E-state index in [0.29, 0.717) is 0 Å². The predicted molar refractivity (Wildman–Crippen MR) is 75.4 cm³/mol. The Hall–Kier alpha value is -2.20. The van der Waals surface area contributed by atoms with Crippen molar-refractivity contribution in [3.05, 3.63) is 60.2 Å². The maximum Gasteiger partial charge on any atom is 0.113 e. The van der Waals surface area contributed by atoms with Gasteiger partial charge in [0.1, 0.15) is 5.52 Å². The zero-order valence-corrected chi connectivity index (χ0v) is 10.9. The van der Waals surface area contributed by atoms with Crippen molar-refractivity contribution < 1.29 is 0 Å². The van der Waals surface area contributed by atoms with Gasteiger partial charge in [0.2, 0.25) is 0 Å². The summed E-state index contributed by atoms with van der Waals surface area (Å²) in [4.78, 5) is 2.22. The van der Waals surface area contributed by atoms with Crippen molar-refractivity contribution in [3.8, 4) is 0 Å². The standard InChI is InChI=1S/C15H16N4/c1-18(11-13-7-3-2-4-8-13)12-19-15-10-6-5-9-14(15)16-17-19/h2-10H,11-12H2,1H3. The van der Waals surface area contributed by atoms with Gasteiger partial charge in [-0.15, -0.1) is 5.10 Å². The molecule has 19 heavy (non-hydrogen) atoms. The van der Waals surface area contributed by atoms with E-state index in [0.717, 1.165) is 24.2 Å². The number of benzene rings is 2. The molecule has 0 aliphatic carbocycles. The van der Waals surface area contributed by atoms with E-state index in [4.69, 9.17) is 0 Å². The number of aromatic nitrogens is 3. The fourth-order valence-corrected chi connectivity index (χ4v) is 2.20. The maximum atomic E-state index is 4.20. The van der Waals surface area contributed by atoms with E-state index >= 15 is 0 Å². The van der Waals surface area contributed by atoms with Gasteiger partial charge in [-0.1, -0.05) is 47.7 Å². The highest BCUT2D eigenvalue weighted by molar-refractivity contribution is 5.73. The number of rotatable bonds is 4. The van der Waals surface area contributed by atoms with Crippen LogP contribution in [0.1, 0.15) is 5.56 Å². The topological polar surface area (TPSA) is 34.0 Å². The third-order valence-corrected chi connectivity index (χ3v) is 3.09. The molecule has 1 aromatic heterocycles. The van der Waals surface area contributed by atoms with Crippen LogP contribution < -0.4 is 0 Å². The van der Waals surface area contributed by atoms with Crippen LogP contribution in [0.2, 0.25) is 0 Å². The lowest BCUT2D eigenvalue weighted by molar-refractivity contribution is 0.248. The minimum Gasteiger partial charge on any atom is -0.283 e. The quantitative estimate of drug-likeness (QED) is 0.715. The Morgan fingerprint density at radius 3 is 2.58 bits per heavy atom. The Labute approximate surface area is 112 Å². The molecule has 4 heteroatoms. The van der Waals surface area contributed by atoms with Crippen LogP contribution in [-0.2, 0) is 13.2 Å². The molecule has 0 aliphatic rings. The van der Waals surface area contributed by atoms with E-state index < -0.39 is 0 Å². The van der Waals surface area contributed by atoms with E-state index in [1.807, 2.05) is 35.0 Å². The summed E-state index contributed by atoms with van der Waals surface area (Å²) in [6, 6.07) is 18.5. The molecule has 0 spiro atoms. The Morgan fingerprint density at radius 2 is 1.74 bits per heavy atom. The van der Waals surface area contributed by atoms with Crippen molar-refractivity contribution in [2.75, 3.05) is 7.05 Å². The molecule has 0 N–H and O–H groups in total. The molecule has 4 nitrogen and oxygen atoms in total. The van der Waals surface area contributed by atoms with Crippen LogP contribution in [0.15, 0.2) is 54.6 Å². The zero-order valence-electron chi connectivity index (χ0n) is 10.9. The summed E-state index contributed by atoms with van der Waals surface area (Å²) in [7, 11) is 2.09. The lowest BCUT2D eigenvalue weighted by atomic mass is 10.2. The monoisotopic (exact) mass is 252 g/mol. The lowest BCUT2D eigenvalue weighted by Gasteiger charge is -2.16. The van der Waals surface area contributed by atoms with E-state index in [-0.39, 0.29) is 0 Å². The van der Waals surface area contributed by atoms with E-state index in [1.165, 1.54) is 5.56 Å². The van der Waals surface area contributed by atoms with Crippen LogP contribution >= 0.6 is 0 Å². The summed E-state index contributed by atoms with van der Waals surface area (Å²) in [5.41, 5.74) is 3.31. The molecule has 3 rings (SSSR count). The molecule has 0 atom stereocenters. The number of para-hydroxylation sites is 1. The summed E-state index contributed by atoms with van der Waals surface area (Å²) in [5.74, 6) is 0. The van der Waals surface area contributed by atoms with Crippen molar-refractivity contribution >= 4 is 11.0 Å². The summed E-state index contributed by atoms with van der Waals surface area (Å²) < 4.78 is 1.93. The van der Waals surface area contributed by atoms with Gasteiger partial charge in [-0.05, 0) is 24.7 Å². The lowest BCUT2D eigenvalue weighted by Crippen LogP contribution is -2.22. The highest BCUT2D eigenvalue weighted by atomic mass is 15.5. The van der Waals surface area contributed by atoms with Crippen LogP contribution in [0.4, 0.5) is 0 Å². The Morgan fingerprint density at radius 1 is 1.00 bits per heavy atom. The number of hydrogen-bond acceptors (Lipinski definition) is 3. The first kappa shape index (κ1) is 11.9. The fraction of sp³-hybridized carbons (Fsp3) is 0.200. The number of nitrogens with zero attached hydrogens (tertiary/aromatic N) is 4. The second-order valence-electron chi connectivity index (χ2n) is 4.72. The largest absolute Gasteiger partial charge is 0.283 e. The van der Waals surface area contributed by atoms with Crippen LogP contribution in [0.3, 0.4) is 0 Å². The molecule has 0 saturated carbocycles. The molecule has 0 fully saturated rings. The van der Waals surface area contributed by atoms with Gasteiger partial charge < -0.3 is 0 Å². The molecule has 0 aliphatic heterocycles. The van der Waals surface area contributed by atoms with Gasteiger partial charge in [-0.2, -0.15) is 0 Å². The molecule has 1 heterocycles. The second-order valence-corrected chi connectivity index (χ2v) is 4.72. The molecule has 0 bridgehead atoms. The molecule has 96 valence electrons. The Balaban J connectivity index is 1.74. The minimum atomic E-state index is 0.732. The summed E-state index contributed by atoms with van der Waals surface area (Å²) in [5, 5.41) is 8.37.